The van der Waals surface area contributed by atoms with Crippen LogP contribution >= 0.6 is 27.5 Å². The topological polar surface area (TPSA) is 3.24 Å². The second-order valence-electron chi connectivity index (χ2n) is 4.90. The Morgan fingerprint density at radius 2 is 2.18 bits per heavy atom. The van der Waals surface area contributed by atoms with Crippen molar-refractivity contribution >= 4 is 33.2 Å². The normalized spacial score (nSPS) is 21.4. The lowest BCUT2D eigenvalue weighted by atomic mass is 10.0. The van der Waals surface area contributed by atoms with Crippen LogP contribution < -0.4 is 4.90 Å². The van der Waals surface area contributed by atoms with Gasteiger partial charge in [-0.05, 0) is 36.8 Å². The molecule has 0 radical (unpaired) electrons. The minimum absolute atomic E-state index is 0.843. The first-order chi connectivity index (χ1) is 8.22. The summed E-state index contributed by atoms with van der Waals surface area (Å²) in [5.74, 6) is 0.843. The van der Waals surface area contributed by atoms with E-state index in [2.05, 4.69) is 33.8 Å². The van der Waals surface area contributed by atoms with Gasteiger partial charge in [0.25, 0.3) is 0 Å². The van der Waals surface area contributed by atoms with E-state index >= 15 is 0 Å². The van der Waals surface area contributed by atoms with Gasteiger partial charge in [-0.3, -0.25) is 0 Å². The third-order valence-electron chi connectivity index (χ3n) is 3.55. The summed E-state index contributed by atoms with van der Waals surface area (Å²) in [6.45, 7) is 4.61. The number of rotatable bonds is 2. The number of hydrogen-bond acceptors (Lipinski definition) is 1. The minimum atomic E-state index is 0.843. The maximum absolute atomic E-state index is 6.37. The first-order valence-electron chi connectivity index (χ1n) is 6.30. The van der Waals surface area contributed by atoms with E-state index in [1.54, 1.807) is 0 Å². The number of para-hydroxylation sites is 1. The van der Waals surface area contributed by atoms with Gasteiger partial charge < -0.3 is 4.90 Å². The summed E-state index contributed by atoms with van der Waals surface area (Å²) in [7, 11) is 0. The molecule has 2 rings (SSSR count). The van der Waals surface area contributed by atoms with Gasteiger partial charge in [-0.1, -0.05) is 46.6 Å². The lowest BCUT2D eigenvalue weighted by Crippen LogP contribution is -2.25. The molecule has 1 atom stereocenters. The van der Waals surface area contributed by atoms with Crippen LogP contribution in [-0.4, -0.2) is 13.1 Å². The number of nitrogens with zero attached hydrogens (tertiary/aromatic N) is 1. The zero-order valence-electron chi connectivity index (χ0n) is 10.3. The van der Waals surface area contributed by atoms with Crippen molar-refractivity contribution in [2.75, 3.05) is 18.0 Å². The van der Waals surface area contributed by atoms with E-state index in [1.165, 1.54) is 30.5 Å². The Labute approximate surface area is 117 Å². The van der Waals surface area contributed by atoms with E-state index in [4.69, 9.17) is 11.6 Å². The van der Waals surface area contributed by atoms with Crippen molar-refractivity contribution in [1.82, 2.24) is 0 Å². The van der Waals surface area contributed by atoms with E-state index in [0.29, 0.717) is 0 Å². The van der Waals surface area contributed by atoms with Gasteiger partial charge in [0.2, 0.25) is 0 Å². The molecule has 3 heteroatoms. The number of hydrogen-bond donors (Lipinski definition) is 0. The van der Waals surface area contributed by atoms with Crippen LogP contribution in [0.1, 0.15) is 31.7 Å². The highest BCUT2D eigenvalue weighted by Gasteiger charge is 2.18. The SMILES string of the molecule is CC1CCCN(c2c(Cl)cccc2CBr)CC1. The average molecular weight is 317 g/mol. The van der Waals surface area contributed by atoms with Crippen LogP contribution in [0.4, 0.5) is 5.69 Å². The van der Waals surface area contributed by atoms with E-state index in [-0.39, 0.29) is 0 Å². The fraction of sp³-hybridized carbons (Fsp3) is 0.571. The summed E-state index contributed by atoms with van der Waals surface area (Å²) in [5.41, 5.74) is 2.53. The van der Waals surface area contributed by atoms with Gasteiger partial charge >= 0.3 is 0 Å². The van der Waals surface area contributed by atoms with Crippen molar-refractivity contribution in [2.45, 2.75) is 31.5 Å². The fourth-order valence-electron chi connectivity index (χ4n) is 2.51. The smallest absolute Gasteiger partial charge is 0.0642 e. The van der Waals surface area contributed by atoms with E-state index in [1.807, 2.05) is 12.1 Å². The molecule has 0 amide bonds. The minimum Gasteiger partial charge on any atom is -0.370 e. The zero-order chi connectivity index (χ0) is 12.3. The molecule has 1 aromatic carbocycles. The summed E-state index contributed by atoms with van der Waals surface area (Å²) in [6.07, 6.45) is 3.88. The van der Waals surface area contributed by atoms with Crippen molar-refractivity contribution in [3.63, 3.8) is 0 Å². The molecular weight excluding hydrogens is 298 g/mol. The molecule has 17 heavy (non-hydrogen) atoms. The molecule has 0 N–H and O–H groups in total. The number of halogens is 2. The predicted octanol–water partition coefficient (Wildman–Crippen LogP) is 4.86. The number of benzene rings is 1. The third-order valence-corrected chi connectivity index (χ3v) is 4.46. The summed E-state index contributed by atoms with van der Waals surface area (Å²) in [6, 6.07) is 6.19. The standard InChI is InChI=1S/C14H19BrClN/c1-11-4-3-8-17(9-7-11)14-12(10-15)5-2-6-13(14)16/h2,5-6,11H,3-4,7-10H2,1H3. The van der Waals surface area contributed by atoms with Crippen LogP contribution in [0.2, 0.25) is 5.02 Å². The van der Waals surface area contributed by atoms with Crippen LogP contribution in [0.25, 0.3) is 0 Å². The Balaban J connectivity index is 2.26. The Morgan fingerprint density at radius 3 is 2.94 bits per heavy atom. The largest absolute Gasteiger partial charge is 0.370 e. The van der Waals surface area contributed by atoms with Crippen LogP contribution in [0.5, 0.6) is 0 Å². The molecule has 1 aromatic rings. The van der Waals surface area contributed by atoms with Crippen molar-refractivity contribution in [3.8, 4) is 0 Å². The highest BCUT2D eigenvalue weighted by atomic mass is 79.9. The van der Waals surface area contributed by atoms with E-state index < -0.39 is 0 Å². The lowest BCUT2D eigenvalue weighted by molar-refractivity contribution is 0.521. The maximum atomic E-state index is 6.37. The Bertz CT molecular complexity index is 380. The van der Waals surface area contributed by atoms with Gasteiger partial charge in [0, 0.05) is 18.4 Å². The zero-order valence-corrected chi connectivity index (χ0v) is 12.6. The number of alkyl halides is 1. The van der Waals surface area contributed by atoms with Gasteiger partial charge in [-0.15, -0.1) is 0 Å². The monoisotopic (exact) mass is 315 g/mol. The molecule has 1 nitrogen and oxygen atoms in total. The van der Waals surface area contributed by atoms with Crippen LogP contribution in [0, 0.1) is 5.92 Å². The molecule has 0 aromatic heterocycles. The maximum Gasteiger partial charge on any atom is 0.0642 e. The first-order valence-corrected chi connectivity index (χ1v) is 7.80. The van der Waals surface area contributed by atoms with Crippen molar-refractivity contribution < 1.29 is 0 Å². The molecule has 1 aliphatic rings. The summed E-state index contributed by atoms with van der Waals surface area (Å²) >= 11 is 9.92. The first kappa shape index (κ1) is 13.2. The predicted molar refractivity (Wildman–Crippen MR) is 79.3 cm³/mol. The Hall–Kier alpha value is -0.210. The molecule has 1 heterocycles. The van der Waals surface area contributed by atoms with Crippen molar-refractivity contribution in [2.24, 2.45) is 5.92 Å². The molecule has 0 spiro atoms. The Morgan fingerprint density at radius 1 is 1.35 bits per heavy atom. The fourth-order valence-corrected chi connectivity index (χ4v) is 3.27. The molecule has 94 valence electrons. The molecule has 1 aliphatic heterocycles. The molecule has 0 saturated carbocycles. The third kappa shape index (κ3) is 3.17. The number of anilines is 1. The highest BCUT2D eigenvalue weighted by molar-refractivity contribution is 9.08. The highest BCUT2D eigenvalue weighted by Crippen LogP contribution is 2.33. The van der Waals surface area contributed by atoms with Crippen LogP contribution in [0.3, 0.4) is 0 Å². The Kier molecular flexibility index (Phi) is 4.75. The lowest BCUT2D eigenvalue weighted by Gasteiger charge is -2.26. The van der Waals surface area contributed by atoms with Crippen LogP contribution in [0.15, 0.2) is 18.2 Å². The second-order valence-corrected chi connectivity index (χ2v) is 5.87. The molecule has 1 fully saturated rings. The van der Waals surface area contributed by atoms with Gasteiger partial charge in [-0.2, -0.15) is 0 Å². The van der Waals surface area contributed by atoms with Gasteiger partial charge in [0.15, 0.2) is 0 Å². The quantitative estimate of drug-likeness (QED) is 0.704. The molecule has 0 aliphatic carbocycles. The summed E-state index contributed by atoms with van der Waals surface area (Å²) in [5, 5.41) is 1.76. The van der Waals surface area contributed by atoms with Crippen molar-refractivity contribution in [3.05, 3.63) is 28.8 Å². The van der Waals surface area contributed by atoms with E-state index in [0.717, 1.165) is 29.4 Å². The van der Waals surface area contributed by atoms with E-state index in [9.17, 15) is 0 Å². The van der Waals surface area contributed by atoms with Gasteiger partial charge in [0.05, 0.1) is 10.7 Å². The summed E-state index contributed by atoms with van der Waals surface area (Å²) < 4.78 is 0. The van der Waals surface area contributed by atoms with Crippen molar-refractivity contribution in [1.29, 1.82) is 0 Å². The van der Waals surface area contributed by atoms with Gasteiger partial charge in [0.1, 0.15) is 0 Å². The molecular formula is C14H19BrClN. The molecule has 1 unspecified atom stereocenters. The van der Waals surface area contributed by atoms with Gasteiger partial charge in [-0.25, -0.2) is 0 Å². The molecule has 0 bridgehead atoms. The van der Waals surface area contributed by atoms with Crippen LogP contribution in [-0.2, 0) is 5.33 Å². The molecule has 1 saturated heterocycles. The summed E-state index contributed by atoms with van der Waals surface area (Å²) in [4.78, 5) is 2.46. The average Bonchev–Trinajstić information content (AvgIpc) is 2.54. The second kappa shape index (κ2) is 6.10.